The van der Waals surface area contributed by atoms with E-state index in [0.29, 0.717) is 33.6 Å². The number of rotatable bonds is 9. The largest absolute Gasteiger partial charge is 0.456 e. The predicted molar refractivity (Wildman–Crippen MR) is 197 cm³/mol. The minimum atomic E-state index is -1.06. The van der Waals surface area contributed by atoms with Crippen LogP contribution in [0.4, 0.5) is 11.4 Å². The van der Waals surface area contributed by atoms with E-state index in [-0.39, 0.29) is 30.8 Å². The maximum atomic E-state index is 14.7. The van der Waals surface area contributed by atoms with Gasteiger partial charge in [-0.3, -0.25) is 19.3 Å². The molecule has 8 heteroatoms. The zero-order valence-electron chi connectivity index (χ0n) is 28.9. The lowest BCUT2D eigenvalue weighted by Gasteiger charge is -2.45. The average Bonchev–Trinajstić information content (AvgIpc) is 3.39. The lowest BCUT2D eigenvalue weighted by Crippen LogP contribution is -2.51. The predicted octanol–water partition coefficient (Wildman–Crippen LogP) is 7.68. The van der Waals surface area contributed by atoms with Crippen molar-refractivity contribution in [2.75, 3.05) is 49.1 Å². The molecule has 0 saturated carbocycles. The van der Waals surface area contributed by atoms with Gasteiger partial charge in [0.1, 0.15) is 17.0 Å². The van der Waals surface area contributed by atoms with Crippen LogP contribution in [0.5, 0.6) is 11.5 Å². The first kappa shape index (κ1) is 31.6. The summed E-state index contributed by atoms with van der Waals surface area (Å²) in [5.41, 5.74) is 5.16. The molecule has 0 unspecified atom stereocenters. The summed E-state index contributed by atoms with van der Waals surface area (Å²) in [5, 5.41) is 1.54. The smallest absolute Gasteiger partial charge is 0.261 e. The Morgan fingerprint density at radius 1 is 0.560 bits per heavy atom. The number of ether oxygens (including phenoxy) is 1. The Morgan fingerprint density at radius 2 is 1.08 bits per heavy atom. The Kier molecular flexibility index (Phi) is 7.62. The maximum absolute atomic E-state index is 14.7. The van der Waals surface area contributed by atoms with Crippen molar-refractivity contribution in [3.63, 3.8) is 0 Å². The number of anilines is 2. The first-order valence-corrected chi connectivity index (χ1v) is 17.6. The summed E-state index contributed by atoms with van der Waals surface area (Å²) in [6.45, 7) is 12.0. The Morgan fingerprint density at radius 3 is 1.62 bits per heavy atom. The quantitative estimate of drug-likeness (QED) is 0.151. The molecular formula is C42H40N4O4. The molecule has 252 valence electrons. The second-order valence-electron chi connectivity index (χ2n) is 13.0. The third kappa shape index (κ3) is 4.40. The van der Waals surface area contributed by atoms with E-state index in [2.05, 4.69) is 73.9 Å². The fourth-order valence-electron chi connectivity index (χ4n) is 8.39. The molecule has 0 saturated heterocycles. The molecule has 0 N–H and O–H groups in total. The number of hydrogen-bond acceptors (Lipinski definition) is 6. The van der Waals surface area contributed by atoms with Crippen LogP contribution in [0.1, 0.15) is 75.5 Å². The highest BCUT2D eigenvalue weighted by atomic mass is 16.5. The Balaban J connectivity index is 1.29. The molecule has 5 aromatic rings. The van der Waals surface area contributed by atoms with E-state index >= 15 is 0 Å². The minimum Gasteiger partial charge on any atom is -0.456 e. The van der Waals surface area contributed by atoms with Gasteiger partial charge in [-0.15, -0.1) is 0 Å². The normalized spacial score (nSPS) is 15.2. The fourth-order valence-corrected chi connectivity index (χ4v) is 8.39. The van der Waals surface area contributed by atoms with E-state index in [4.69, 9.17) is 4.74 Å². The van der Waals surface area contributed by atoms with Gasteiger partial charge in [-0.25, -0.2) is 0 Å². The van der Waals surface area contributed by atoms with Gasteiger partial charge in [0.25, 0.3) is 17.7 Å². The highest BCUT2D eigenvalue weighted by Crippen LogP contribution is 2.58. The first-order valence-electron chi connectivity index (χ1n) is 17.6. The lowest BCUT2D eigenvalue weighted by molar-refractivity contribution is 0.0517. The summed E-state index contributed by atoms with van der Waals surface area (Å²) in [4.78, 5) is 50.3. The van der Waals surface area contributed by atoms with Crippen LogP contribution in [-0.4, -0.2) is 66.8 Å². The van der Waals surface area contributed by atoms with Crippen LogP contribution >= 0.6 is 0 Å². The van der Waals surface area contributed by atoms with E-state index in [0.717, 1.165) is 59.6 Å². The van der Waals surface area contributed by atoms with Gasteiger partial charge in [-0.05, 0) is 69.0 Å². The number of carbonyl (C=O) groups excluding carboxylic acids is 3. The molecule has 3 amide bonds. The van der Waals surface area contributed by atoms with Gasteiger partial charge in [-0.2, -0.15) is 0 Å². The van der Waals surface area contributed by atoms with Crippen LogP contribution in [0.15, 0.2) is 97.1 Å². The molecule has 1 spiro atoms. The first-order chi connectivity index (χ1) is 24.4. The summed E-state index contributed by atoms with van der Waals surface area (Å²) in [6, 6.07) is 31.4. The van der Waals surface area contributed by atoms with Gasteiger partial charge in [0, 0.05) is 96.0 Å². The second-order valence-corrected chi connectivity index (χ2v) is 13.0. The minimum absolute atomic E-state index is 0.0322. The van der Waals surface area contributed by atoms with Crippen LogP contribution in [-0.2, 0) is 5.54 Å². The summed E-state index contributed by atoms with van der Waals surface area (Å²) >= 11 is 0. The molecule has 0 bridgehead atoms. The zero-order valence-corrected chi connectivity index (χ0v) is 28.9. The van der Waals surface area contributed by atoms with Gasteiger partial charge in [0.15, 0.2) is 0 Å². The number of imide groups is 1. The van der Waals surface area contributed by atoms with Crippen molar-refractivity contribution in [2.45, 2.75) is 33.2 Å². The molecule has 50 heavy (non-hydrogen) atoms. The van der Waals surface area contributed by atoms with E-state index in [1.165, 1.54) is 4.90 Å². The third-order valence-corrected chi connectivity index (χ3v) is 10.8. The number of carbonyl (C=O) groups is 3. The topological polar surface area (TPSA) is 73.4 Å². The number of benzene rings is 5. The molecule has 3 aliphatic heterocycles. The van der Waals surface area contributed by atoms with Gasteiger partial charge in [0.2, 0.25) is 0 Å². The summed E-state index contributed by atoms with van der Waals surface area (Å²) in [6.07, 6.45) is 0. The highest BCUT2D eigenvalue weighted by molar-refractivity contribution is 6.25. The molecule has 0 atom stereocenters. The van der Waals surface area contributed by atoms with Crippen molar-refractivity contribution in [1.82, 2.24) is 9.80 Å². The van der Waals surface area contributed by atoms with Crippen LogP contribution in [0.2, 0.25) is 0 Å². The number of nitrogens with zero attached hydrogens (tertiary/aromatic N) is 4. The molecule has 0 fully saturated rings. The third-order valence-electron chi connectivity index (χ3n) is 10.8. The molecule has 0 radical (unpaired) electrons. The zero-order chi connectivity index (χ0) is 34.7. The number of fused-ring (bicyclic) bond motifs is 6. The van der Waals surface area contributed by atoms with Gasteiger partial charge in [0.05, 0.1) is 0 Å². The molecule has 5 aromatic carbocycles. The highest BCUT2D eigenvalue weighted by Gasteiger charge is 2.56. The lowest BCUT2D eigenvalue weighted by atomic mass is 9.74. The summed E-state index contributed by atoms with van der Waals surface area (Å²) < 4.78 is 6.81. The molecule has 0 aromatic heterocycles. The monoisotopic (exact) mass is 664 g/mol. The van der Waals surface area contributed by atoms with Gasteiger partial charge in [-0.1, -0.05) is 54.6 Å². The Labute approximate surface area is 292 Å². The molecular weight excluding hydrogens is 624 g/mol. The summed E-state index contributed by atoms with van der Waals surface area (Å²) in [5.74, 6) is 0.508. The maximum Gasteiger partial charge on any atom is 0.261 e. The molecule has 3 heterocycles. The average molecular weight is 665 g/mol. The van der Waals surface area contributed by atoms with Crippen molar-refractivity contribution in [3.05, 3.63) is 130 Å². The van der Waals surface area contributed by atoms with Crippen molar-refractivity contribution < 1.29 is 19.1 Å². The summed E-state index contributed by atoms with van der Waals surface area (Å²) in [7, 11) is 0. The van der Waals surface area contributed by atoms with E-state index in [1.54, 1.807) is 12.1 Å². The Hall–Kier alpha value is -5.63. The van der Waals surface area contributed by atoms with E-state index in [1.807, 2.05) is 53.4 Å². The van der Waals surface area contributed by atoms with Crippen molar-refractivity contribution in [1.29, 1.82) is 0 Å². The molecule has 0 aliphatic carbocycles. The van der Waals surface area contributed by atoms with Crippen LogP contribution in [0, 0.1) is 0 Å². The van der Waals surface area contributed by atoms with Gasteiger partial charge < -0.3 is 19.4 Å². The number of amides is 3. The van der Waals surface area contributed by atoms with E-state index in [9.17, 15) is 14.4 Å². The molecule has 8 rings (SSSR count). The van der Waals surface area contributed by atoms with Crippen molar-refractivity contribution in [2.24, 2.45) is 0 Å². The fraction of sp³-hybridized carbons (Fsp3) is 0.262. The van der Waals surface area contributed by atoms with Crippen molar-refractivity contribution >= 4 is 39.9 Å². The SMILES string of the molecule is CCN(CC)c1ccc2c(c1)Oc1cc(N(CC)CC)ccc1C21c2ccccc2C(=O)N1CCN1C(=O)c2cccc3cccc(c23)C1=O. The molecule has 3 aliphatic rings. The standard InChI is InChI=1S/C42H40N4O4/c1-5-43(6-2)28-19-21-34-36(25-28)50-37-26-29(44(7-3)8-4)20-22-35(37)42(34)33-18-10-9-15-30(33)41(49)46(42)24-23-45-39(47)31-16-11-13-27-14-12-17-32(38(27)31)40(45)48/h9-22,25-26H,5-8,23-24H2,1-4H3. The van der Waals surface area contributed by atoms with Crippen molar-refractivity contribution in [3.8, 4) is 11.5 Å². The van der Waals surface area contributed by atoms with Gasteiger partial charge >= 0.3 is 0 Å². The van der Waals surface area contributed by atoms with Crippen LogP contribution < -0.4 is 14.5 Å². The second kappa shape index (κ2) is 12.1. The number of hydrogen-bond donors (Lipinski definition) is 0. The van der Waals surface area contributed by atoms with Crippen LogP contribution in [0.3, 0.4) is 0 Å². The van der Waals surface area contributed by atoms with E-state index < -0.39 is 5.54 Å². The molecule has 8 nitrogen and oxygen atoms in total. The Bertz CT molecular complexity index is 2090. The van der Waals surface area contributed by atoms with Crippen LogP contribution in [0.25, 0.3) is 10.8 Å².